The van der Waals surface area contributed by atoms with Crippen molar-refractivity contribution in [3.63, 3.8) is 0 Å². The summed E-state index contributed by atoms with van der Waals surface area (Å²) in [7, 11) is 0. The fraction of sp³-hybridized carbons (Fsp3) is 0.273. The molecule has 1 aromatic rings. The number of halogens is 1. The van der Waals surface area contributed by atoms with Gasteiger partial charge in [-0.25, -0.2) is 4.79 Å². The number of benzene rings is 1. The summed E-state index contributed by atoms with van der Waals surface area (Å²) in [5.41, 5.74) is 0.490. The van der Waals surface area contributed by atoms with Crippen molar-refractivity contribution in [1.82, 2.24) is 0 Å². The van der Waals surface area contributed by atoms with E-state index in [1.54, 1.807) is 18.2 Å². The first-order valence-electron chi connectivity index (χ1n) is 4.79. The molecule has 1 saturated heterocycles. The summed E-state index contributed by atoms with van der Waals surface area (Å²) in [4.78, 5) is 21.9. The van der Waals surface area contributed by atoms with E-state index in [0.717, 1.165) is 6.29 Å². The summed E-state index contributed by atoms with van der Waals surface area (Å²) < 4.78 is 10.9. The van der Waals surface area contributed by atoms with Gasteiger partial charge >= 0.3 is 5.97 Å². The Labute approximate surface area is 101 Å². The van der Waals surface area contributed by atoms with Gasteiger partial charge in [0.1, 0.15) is 5.75 Å². The minimum absolute atomic E-state index is 0.351. The minimum Gasteiger partial charge on any atom is -0.479 e. The van der Waals surface area contributed by atoms with Crippen molar-refractivity contribution >= 4 is 28.2 Å². The smallest absolute Gasteiger partial charge is 0.347 e. The average Bonchev–Trinajstić information content (AvgIpc) is 2.67. The summed E-state index contributed by atoms with van der Waals surface area (Å²) in [5, 5.41) is 0. The fourth-order valence-electron chi connectivity index (χ4n) is 1.43. The molecule has 0 aromatic heterocycles. The van der Waals surface area contributed by atoms with Gasteiger partial charge in [0.15, 0.2) is 12.4 Å². The molecule has 5 heteroatoms. The minimum atomic E-state index is -0.555. The molecule has 1 atom stereocenters. The lowest BCUT2D eigenvalue weighted by Gasteiger charge is -2.10. The Morgan fingerprint density at radius 1 is 1.50 bits per heavy atom. The van der Waals surface area contributed by atoms with E-state index in [1.807, 2.05) is 0 Å². The second kappa shape index (κ2) is 4.65. The molecule has 84 valence electrons. The van der Waals surface area contributed by atoms with Gasteiger partial charge in [0.05, 0.1) is 6.61 Å². The molecule has 1 heterocycles. The van der Waals surface area contributed by atoms with Crippen molar-refractivity contribution in [2.45, 2.75) is 12.5 Å². The third-order valence-corrected chi connectivity index (χ3v) is 2.98. The summed E-state index contributed by atoms with van der Waals surface area (Å²) in [6.07, 6.45) is 0.718. The van der Waals surface area contributed by atoms with Crippen molar-refractivity contribution in [3.05, 3.63) is 28.2 Å². The predicted octanol–water partition coefficient (Wildman–Crippen LogP) is 1.96. The highest BCUT2D eigenvalue weighted by Gasteiger charge is 2.28. The van der Waals surface area contributed by atoms with Gasteiger partial charge in [0.2, 0.25) is 0 Å². The number of carbonyl (C=O) groups excluding carboxylic acids is 2. The molecule has 0 N–H and O–H groups in total. The zero-order valence-corrected chi connectivity index (χ0v) is 9.90. The zero-order valence-electron chi connectivity index (χ0n) is 8.31. The monoisotopic (exact) mass is 284 g/mol. The molecule has 1 aliphatic rings. The quantitative estimate of drug-likeness (QED) is 0.629. The summed E-state index contributed by atoms with van der Waals surface area (Å²) in [5.74, 6) is 0.143. The molecule has 0 spiro atoms. The van der Waals surface area contributed by atoms with Crippen LogP contribution in [0.15, 0.2) is 22.7 Å². The molecule has 1 fully saturated rings. The van der Waals surface area contributed by atoms with Crippen molar-refractivity contribution in [2.75, 3.05) is 6.61 Å². The summed E-state index contributed by atoms with van der Waals surface area (Å²) in [6, 6.07) is 4.99. The first kappa shape index (κ1) is 11.1. The number of aldehydes is 1. The molecule has 0 radical (unpaired) electrons. The first-order valence-corrected chi connectivity index (χ1v) is 5.58. The van der Waals surface area contributed by atoms with E-state index in [-0.39, 0.29) is 5.97 Å². The van der Waals surface area contributed by atoms with E-state index in [2.05, 4.69) is 15.9 Å². The van der Waals surface area contributed by atoms with E-state index in [9.17, 15) is 9.59 Å². The van der Waals surface area contributed by atoms with Crippen molar-refractivity contribution in [3.8, 4) is 5.75 Å². The Morgan fingerprint density at radius 2 is 2.31 bits per heavy atom. The molecule has 0 amide bonds. The average molecular weight is 285 g/mol. The van der Waals surface area contributed by atoms with Crippen molar-refractivity contribution in [1.29, 1.82) is 0 Å². The normalized spacial score (nSPS) is 19.3. The second-order valence-corrected chi connectivity index (χ2v) is 4.22. The van der Waals surface area contributed by atoms with Crippen LogP contribution in [0, 0.1) is 0 Å². The van der Waals surface area contributed by atoms with Crippen LogP contribution in [0.1, 0.15) is 16.8 Å². The topological polar surface area (TPSA) is 52.6 Å². The van der Waals surface area contributed by atoms with E-state index in [1.165, 1.54) is 0 Å². The maximum Gasteiger partial charge on any atom is 0.347 e. The largest absolute Gasteiger partial charge is 0.479 e. The number of hydrogen-bond acceptors (Lipinski definition) is 4. The number of carbonyl (C=O) groups is 2. The lowest BCUT2D eigenvalue weighted by Crippen LogP contribution is -2.21. The van der Waals surface area contributed by atoms with Gasteiger partial charge in [-0.2, -0.15) is 0 Å². The summed E-state index contributed by atoms with van der Waals surface area (Å²) >= 11 is 3.24. The van der Waals surface area contributed by atoms with Gasteiger partial charge in [-0.3, -0.25) is 4.79 Å². The zero-order chi connectivity index (χ0) is 11.5. The SMILES string of the molecule is O=Cc1cc(OC2CCOC2=O)ccc1Br. The Bertz CT molecular complexity index is 430. The van der Waals surface area contributed by atoms with Crippen LogP contribution in [-0.2, 0) is 9.53 Å². The van der Waals surface area contributed by atoms with Gasteiger partial charge in [-0.15, -0.1) is 0 Å². The number of rotatable bonds is 3. The lowest BCUT2D eigenvalue weighted by molar-refractivity contribution is -0.143. The standard InChI is InChI=1S/C11H9BrO4/c12-9-2-1-8(5-7(9)6-13)16-10-3-4-15-11(10)14/h1-2,5-6,10H,3-4H2. The van der Waals surface area contributed by atoms with Crippen molar-refractivity contribution in [2.24, 2.45) is 0 Å². The van der Waals surface area contributed by atoms with Crippen LogP contribution in [0.25, 0.3) is 0 Å². The van der Waals surface area contributed by atoms with Gasteiger partial charge in [-0.05, 0) is 18.2 Å². The molecule has 0 saturated carbocycles. The predicted molar refractivity (Wildman–Crippen MR) is 59.5 cm³/mol. The Balaban J connectivity index is 2.15. The summed E-state index contributed by atoms with van der Waals surface area (Å²) in [6.45, 7) is 0.389. The third-order valence-electron chi connectivity index (χ3n) is 2.26. The molecule has 4 nitrogen and oxygen atoms in total. The maximum atomic E-state index is 11.2. The Morgan fingerprint density at radius 3 is 2.94 bits per heavy atom. The molecule has 0 aliphatic carbocycles. The van der Waals surface area contributed by atoms with Gasteiger partial charge in [-0.1, -0.05) is 15.9 Å². The highest BCUT2D eigenvalue weighted by molar-refractivity contribution is 9.10. The number of esters is 1. The van der Waals surface area contributed by atoms with Gasteiger partial charge < -0.3 is 9.47 Å². The van der Waals surface area contributed by atoms with E-state index in [0.29, 0.717) is 28.8 Å². The number of hydrogen-bond donors (Lipinski definition) is 0. The van der Waals surface area contributed by atoms with E-state index >= 15 is 0 Å². The second-order valence-electron chi connectivity index (χ2n) is 3.36. The number of cyclic esters (lactones) is 1. The molecular formula is C11H9BrO4. The fourth-order valence-corrected chi connectivity index (χ4v) is 1.77. The van der Waals surface area contributed by atoms with Crippen LogP contribution >= 0.6 is 15.9 Å². The first-order chi connectivity index (χ1) is 7.70. The molecule has 1 aliphatic heterocycles. The van der Waals surface area contributed by atoms with Gasteiger partial charge in [0, 0.05) is 16.5 Å². The van der Waals surface area contributed by atoms with Crippen LogP contribution in [-0.4, -0.2) is 25.0 Å². The van der Waals surface area contributed by atoms with Crippen molar-refractivity contribution < 1.29 is 19.1 Å². The van der Waals surface area contributed by atoms with Gasteiger partial charge in [0.25, 0.3) is 0 Å². The molecule has 2 rings (SSSR count). The molecular weight excluding hydrogens is 276 g/mol. The molecule has 16 heavy (non-hydrogen) atoms. The maximum absolute atomic E-state index is 11.2. The third kappa shape index (κ3) is 2.24. The van der Waals surface area contributed by atoms with E-state index in [4.69, 9.17) is 9.47 Å². The van der Waals surface area contributed by atoms with Crippen LogP contribution < -0.4 is 4.74 Å². The van der Waals surface area contributed by atoms with Crippen LogP contribution in [0.5, 0.6) is 5.75 Å². The molecule has 1 aromatic carbocycles. The molecule has 0 bridgehead atoms. The highest BCUT2D eigenvalue weighted by Crippen LogP contribution is 2.23. The number of ether oxygens (including phenoxy) is 2. The van der Waals surface area contributed by atoms with Crippen LogP contribution in [0.3, 0.4) is 0 Å². The van der Waals surface area contributed by atoms with E-state index < -0.39 is 6.10 Å². The molecule has 1 unspecified atom stereocenters. The highest BCUT2D eigenvalue weighted by atomic mass is 79.9. The van der Waals surface area contributed by atoms with Crippen LogP contribution in [0.4, 0.5) is 0 Å². The lowest BCUT2D eigenvalue weighted by atomic mass is 10.2. The Kier molecular flexibility index (Phi) is 3.24. The Hall–Kier alpha value is -1.36. The van der Waals surface area contributed by atoms with Crippen LogP contribution in [0.2, 0.25) is 0 Å².